The molecule has 0 bridgehead atoms. The Balaban J connectivity index is 2.53. The van der Waals surface area contributed by atoms with Gasteiger partial charge in [-0.15, -0.1) is 0 Å². The standard InChI is InChI=1S/C16H23BrFNO/c1-11(2)12(7-8-19)3-5-15(20)10-13-9-14(18)4-6-16(13)17/h4,6,9,11-12H,3,5,7-8,10,19H2,1-2H3. The smallest absolute Gasteiger partial charge is 0.137 e. The van der Waals surface area contributed by atoms with Crippen LogP contribution in [0.1, 0.15) is 38.7 Å². The molecule has 0 aliphatic rings. The summed E-state index contributed by atoms with van der Waals surface area (Å²) in [6.45, 7) is 4.98. The number of carbonyl (C=O) groups is 1. The van der Waals surface area contributed by atoms with Gasteiger partial charge in [-0.1, -0.05) is 29.8 Å². The zero-order chi connectivity index (χ0) is 15.1. The van der Waals surface area contributed by atoms with Crippen LogP contribution in [-0.4, -0.2) is 12.3 Å². The van der Waals surface area contributed by atoms with E-state index in [9.17, 15) is 9.18 Å². The van der Waals surface area contributed by atoms with E-state index < -0.39 is 0 Å². The minimum atomic E-state index is -0.306. The average Bonchev–Trinajstić information content (AvgIpc) is 2.38. The van der Waals surface area contributed by atoms with Gasteiger partial charge in [0.15, 0.2) is 0 Å². The molecule has 0 heterocycles. The number of ketones is 1. The van der Waals surface area contributed by atoms with E-state index in [4.69, 9.17) is 5.73 Å². The minimum Gasteiger partial charge on any atom is -0.330 e. The predicted octanol–water partition coefficient (Wildman–Crippen LogP) is 4.10. The molecule has 4 heteroatoms. The average molecular weight is 344 g/mol. The van der Waals surface area contributed by atoms with Crippen LogP contribution in [0, 0.1) is 17.7 Å². The van der Waals surface area contributed by atoms with Crippen LogP contribution in [0.2, 0.25) is 0 Å². The normalized spacial score (nSPS) is 12.7. The predicted molar refractivity (Wildman–Crippen MR) is 84.0 cm³/mol. The fourth-order valence-corrected chi connectivity index (χ4v) is 2.74. The molecule has 0 spiro atoms. The van der Waals surface area contributed by atoms with Crippen molar-refractivity contribution in [2.75, 3.05) is 6.54 Å². The van der Waals surface area contributed by atoms with E-state index in [1.54, 1.807) is 6.07 Å². The molecule has 1 atom stereocenters. The highest BCUT2D eigenvalue weighted by molar-refractivity contribution is 9.10. The van der Waals surface area contributed by atoms with E-state index in [0.717, 1.165) is 22.9 Å². The molecule has 2 nitrogen and oxygen atoms in total. The fraction of sp³-hybridized carbons (Fsp3) is 0.562. The third-order valence-electron chi connectivity index (χ3n) is 3.67. The number of hydrogen-bond acceptors (Lipinski definition) is 2. The second-order valence-corrected chi connectivity index (χ2v) is 6.43. The van der Waals surface area contributed by atoms with Crippen molar-refractivity contribution < 1.29 is 9.18 Å². The minimum absolute atomic E-state index is 0.152. The Morgan fingerprint density at radius 1 is 1.35 bits per heavy atom. The number of carbonyl (C=O) groups excluding carboxylic acids is 1. The van der Waals surface area contributed by atoms with Crippen LogP contribution in [0.4, 0.5) is 4.39 Å². The summed E-state index contributed by atoms with van der Waals surface area (Å²) in [7, 11) is 0. The number of hydrogen-bond donors (Lipinski definition) is 1. The summed E-state index contributed by atoms with van der Waals surface area (Å²) in [4.78, 5) is 12.0. The van der Waals surface area contributed by atoms with Gasteiger partial charge in [0.1, 0.15) is 11.6 Å². The van der Waals surface area contributed by atoms with Gasteiger partial charge in [0.05, 0.1) is 0 Å². The van der Waals surface area contributed by atoms with Gasteiger partial charge in [0.25, 0.3) is 0 Å². The summed E-state index contributed by atoms with van der Waals surface area (Å²) in [6, 6.07) is 4.44. The highest BCUT2D eigenvalue weighted by Gasteiger charge is 2.15. The molecule has 20 heavy (non-hydrogen) atoms. The molecular weight excluding hydrogens is 321 g/mol. The largest absolute Gasteiger partial charge is 0.330 e. The molecule has 0 aliphatic carbocycles. The van der Waals surface area contributed by atoms with Crippen LogP contribution >= 0.6 is 15.9 Å². The molecule has 0 amide bonds. The zero-order valence-electron chi connectivity index (χ0n) is 12.2. The van der Waals surface area contributed by atoms with Gasteiger partial charge in [-0.05, 0) is 55.0 Å². The summed E-state index contributed by atoms with van der Waals surface area (Å²) >= 11 is 3.35. The summed E-state index contributed by atoms with van der Waals surface area (Å²) in [5.41, 5.74) is 6.32. The Kier molecular flexibility index (Phi) is 7.38. The van der Waals surface area contributed by atoms with Gasteiger partial charge in [-0.3, -0.25) is 4.79 Å². The first-order chi connectivity index (χ1) is 9.43. The topological polar surface area (TPSA) is 43.1 Å². The SMILES string of the molecule is CC(C)C(CCN)CCC(=O)Cc1cc(F)ccc1Br. The summed E-state index contributed by atoms with van der Waals surface area (Å²) < 4.78 is 14.0. The molecule has 0 saturated heterocycles. The lowest BCUT2D eigenvalue weighted by atomic mass is 9.87. The van der Waals surface area contributed by atoms with Crippen LogP contribution in [0.15, 0.2) is 22.7 Å². The molecule has 0 radical (unpaired) electrons. The first kappa shape index (κ1) is 17.3. The molecular formula is C16H23BrFNO. The van der Waals surface area contributed by atoms with Crippen molar-refractivity contribution in [3.63, 3.8) is 0 Å². The van der Waals surface area contributed by atoms with Crippen molar-refractivity contribution in [2.45, 2.75) is 39.5 Å². The van der Waals surface area contributed by atoms with Gasteiger partial charge in [0.2, 0.25) is 0 Å². The maximum absolute atomic E-state index is 13.2. The van der Waals surface area contributed by atoms with Crippen molar-refractivity contribution in [3.8, 4) is 0 Å². The molecule has 0 saturated carbocycles. The Labute approximate surface area is 129 Å². The van der Waals surface area contributed by atoms with E-state index >= 15 is 0 Å². The molecule has 1 aromatic carbocycles. The number of benzene rings is 1. The summed E-state index contributed by atoms with van der Waals surface area (Å²) in [6.07, 6.45) is 2.63. The van der Waals surface area contributed by atoms with Crippen molar-refractivity contribution in [1.29, 1.82) is 0 Å². The maximum Gasteiger partial charge on any atom is 0.137 e. The van der Waals surface area contributed by atoms with Crippen LogP contribution in [-0.2, 0) is 11.2 Å². The monoisotopic (exact) mass is 343 g/mol. The zero-order valence-corrected chi connectivity index (χ0v) is 13.7. The molecule has 0 aliphatic heterocycles. The summed E-state index contributed by atoms with van der Waals surface area (Å²) in [5, 5.41) is 0. The molecule has 1 aromatic rings. The van der Waals surface area contributed by atoms with Crippen LogP contribution in [0.25, 0.3) is 0 Å². The van der Waals surface area contributed by atoms with Crippen molar-refractivity contribution in [3.05, 3.63) is 34.1 Å². The number of rotatable bonds is 8. The van der Waals surface area contributed by atoms with E-state index in [0.29, 0.717) is 24.8 Å². The van der Waals surface area contributed by atoms with E-state index in [1.807, 2.05) is 0 Å². The van der Waals surface area contributed by atoms with Crippen LogP contribution in [0.3, 0.4) is 0 Å². The number of halogens is 2. The van der Waals surface area contributed by atoms with E-state index in [2.05, 4.69) is 29.8 Å². The third-order valence-corrected chi connectivity index (χ3v) is 4.44. The lowest BCUT2D eigenvalue weighted by Gasteiger charge is -2.19. The molecule has 0 aromatic heterocycles. The lowest BCUT2D eigenvalue weighted by molar-refractivity contribution is -0.118. The lowest BCUT2D eigenvalue weighted by Crippen LogP contribution is -2.16. The third kappa shape index (κ3) is 5.71. The maximum atomic E-state index is 13.2. The number of Topliss-reactive ketones (excluding diaryl/α,β-unsaturated/α-hetero) is 1. The fourth-order valence-electron chi connectivity index (χ4n) is 2.35. The molecule has 1 rings (SSSR count). The molecule has 112 valence electrons. The second-order valence-electron chi connectivity index (χ2n) is 5.57. The Morgan fingerprint density at radius 2 is 2.05 bits per heavy atom. The van der Waals surface area contributed by atoms with Crippen molar-refractivity contribution in [2.24, 2.45) is 17.6 Å². The highest BCUT2D eigenvalue weighted by Crippen LogP contribution is 2.23. The molecule has 0 fully saturated rings. The van der Waals surface area contributed by atoms with Crippen LogP contribution < -0.4 is 5.73 Å². The Morgan fingerprint density at radius 3 is 2.65 bits per heavy atom. The van der Waals surface area contributed by atoms with E-state index in [-0.39, 0.29) is 18.0 Å². The van der Waals surface area contributed by atoms with Crippen molar-refractivity contribution in [1.82, 2.24) is 0 Å². The highest BCUT2D eigenvalue weighted by atomic mass is 79.9. The Bertz CT molecular complexity index is 448. The van der Waals surface area contributed by atoms with E-state index in [1.165, 1.54) is 12.1 Å². The molecule has 2 N–H and O–H groups in total. The van der Waals surface area contributed by atoms with Gasteiger partial charge in [-0.25, -0.2) is 4.39 Å². The summed E-state index contributed by atoms with van der Waals surface area (Å²) in [5.74, 6) is 0.866. The van der Waals surface area contributed by atoms with Crippen molar-refractivity contribution >= 4 is 21.7 Å². The Hall–Kier alpha value is -0.740. The first-order valence-electron chi connectivity index (χ1n) is 7.09. The second kappa shape index (κ2) is 8.53. The quantitative estimate of drug-likeness (QED) is 0.772. The first-order valence-corrected chi connectivity index (χ1v) is 7.89. The number of nitrogens with two attached hydrogens (primary N) is 1. The molecule has 1 unspecified atom stereocenters. The van der Waals surface area contributed by atoms with Crippen LogP contribution in [0.5, 0.6) is 0 Å². The van der Waals surface area contributed by atoms with Gasteiger partial charge in [0, 0.05) is 17.3 Å². The van der Waals surface area contributed by atoms with Gasteiger partial charge in [-0.2, -0.15) is 0 Å². The van der Waals surface area contributed by atoms with Gasteiger partial charge >= 0.3 is 0 Å². The van der Waals surface area contributed by atoms with Gasteiger partial charge < -0.3 is 5.73 Å².